The fourth-order valence-electron chi connectivity index (χ4n) is 2.88. The highest BCUT2D eigenvalue weighted by atomic mass is 16.5. The molecule has 0 aromatic heterocycles. The van der Waals surface area contributed by atoms with E-state index >= 15 is 0 Å². The summed E-state index contributed by atoms with van der Waals surface area (Å²) in [6.45, 7) is 1.74. The summed E-state index contributed by atoms with van der Waals surface area (Å²) in [5.74, 6) is 0.862. The molecule has 2 aromatic rings. The van der Waals surface area contributed by atoms with Crippen molar-refractivity contribution < 1.29 is 19.4 Å². The van der Waals surface area contributed by atoms with Gasteiger partial charge in [-0.15, -0.1) is 0 Å². The van der Waals surface area contributed by atoms with Gasteiger partial charge in [-0.05, 0) is 30.7 Å². The first kappa shape index (κ1) is 17.9. The molecule has 0 saturated carbocycles. The second-order valence-corrected chi connectivity index (χ2v) is 6.05. The highest BCUT2D eigenvalue weighted by Crippen LogP contribution is 2.36. The minimum absolute atomic E-state index is 0.205. The van der Waals surface area contributed by atoms with E-state index in [2.05, 4.69) is 5.10 Å². The number of ether oxygens (including phenoxy) is 2. The number of aliphatic hydroxyl groups is 1. The molecule has 0 spiro atoms. The van der Waals surface area contributed by atoms with Crippen LogP contribution < -0.4 is 9.47 Å². The van der Waals surface area contributed by atoms with Gasteiger partial charge in [-0.2, -0.15) is 10.1 Å². The lowest BCUT2D eigenvalue weighted by Gasteiger charge is -2.31. The number of carbonyl (C=O) groups is 1. The Kier molecular flexibility index (Phi) is 5.23. The third-order valence-electron chi connectivity index (χ3n) is 4.34. The number of hydrazone groups is 1. The number of para-hydroxylation sites is 1. The maximum atomic E-state index is 12.7. The zero-order valence-electron chi connectivity index (χ0n) is 14.9. The number of carbonyl (C=O) groups excluding carboxylic acids is 1. The number of hydrogen-bond donors (Lipinski definition) is 1. The van der Waals surface area contributed by atoms with Crippen molar-refractivity contribution in [1.29, 1.82) is 0 Å². The molecule has 2 aromatic carbocycles. The molecule has 0 bridgehead atoms. The van der Waals surface area contributed by atoms with E-state index in [0.29, 0.717) is 23.5 Å². The number of methoxy groups -OCH3 is 1. The maximum Gasteiger partial charge on any atom is 0.283 e. The molecule has 6 nitrogen and oxygen atoms in total. The van der Waals surface area contributed by atoms with Crippen LogP contribution in [0, 0.1) is 0 Å². The first-order chi connectivity index (χ1) is 12.6. The Labute approximate surface area is 152 Å². The molecule has 0 radical (unpaired) electrons. The SMILES string of the molecule is CCC1=NN(C(=O)COc2ccccc2)[C@@](O)(c2ccc(OC)cc2)C1. The molecule has 0 saturated heterocycles. The summed E-state index contributed by atoms with van der Waals surface area (Å²) in [6.07, 6.45) is 0.925. The van der Waals surface area contributed by atoms with Crippen molar-refractivity contribution in [3.63, 3.8) is 0 Å². The number of rotatable bonds is 6. The Balaban J connectivity index is 1.81. The topological polar surface area (TPSA) is 71.4 Å². The van der Waals surface area contributed by atoms with Gasteiger partial charge in [0.15, 0.2) is 12.3 Å². The van der Waals surface area contributed by atoms with Crippen LogP contribution in [0.1, 0.15) is 25.3 Å². The van der Waals surface area contributed by atoms with Crippen LogP contribution in [0.5, 0.6) is 11.5 Å². The van der Waals surface area contributed by atoms with Gasteiger partial charge in [0, 0.05) is 17.7 Å². The van der Waals surface area contributed by atoms with Crippen molar-refractivity contribution in [3.8, 4) is 11.5 Å². The lowest BCUT2D eigenvalue weighted by Crippen LogP contribution is -2.45. The first-order valence-corrected chi connectivity index (χ1v) is 8.51. The lowest BCUT2D eigenvalue weighted by atomic mass is 9.96. The van der Waals surface area contributed by atoms with Crippen molar-refractivity contribution in [2.75, 3.05) is 13.7 Å². The molecule has 0 unspecified atom stereocenters. The standard InChI is InChI=1S/C20H22N2O4/c1-3-16-13-20(24,15-9-11-17(25-2)12-10-15)22(21-16)19(23)14-26-18-7-5-4-6-8-18/h4-12,24H,3,13-14H2,1-2H3/t20-/m0/s1. The van der Waals surface area contributed by atoms with Gasteiger partial charge in [0.05, 0.1) is 7.11 Å². The zero-order valence-corrected chi connectivity index (χ0v) is 14.9. The van der Waals surface area contributed by atoms with Gasteiger partial charge in [-0.3, -0.25) is 4.79 Å². The Morgan fingerprint density at radius 3 is 2.46 bits per heavy atom. The maximum absolute atomic E-state index is 12.7. The quantitative estimate of drug-likeness (QED) is 0.866. The van der Waals surface area contributed by atoms with Gasteiger partial charge in [0.1, 0.15) is 11.5 Å². The monoisotopic (exact) mass is 354 g/mol. The molecule has 1 amide bonds. The molecular weight excluding hydrogens is 332 g/mol. The van der Waals surface area contributed by atoms with Gasteiger partial charge in [0.25, 0.3) is 5.91 Å². The molecule has 1 heterocycles. The summed E-state index contributed by atoms with van der Waals surface area (Å²) in [5, 5.41) is 16.7. The van der Waals surface area contributed by atoms with E-state index in [1.54, 1.807) is 43.5 Å². The fraction of sp³-hybridized carbons (Fsp3) is 0.300. The molecule has 26 heavy (non-hydrogen) atoms. The van der Waals surface area contributed by atoms with Crippen molar-refractivity contribution in [2.24, 2.45) is 5.10 Å². The summed E-state index contributed by atoms with van der Waals surface area (Å²) in [7, 11) is 1.58. The Bertz CT molecular complexity index is 789. The normalized spacial score (nSPS) is 19.2. The summed E-state index contributed by atoms with van der Waals surface area (Å²) in [6, 6.07) is 16.1. The molecule has 6 heteroatoms. The highest BCUT2D eigenvalue weighted by molar-refractivity contribution is 5.91. The van der Waals surface area contributed by atoms with E-state index in [0.717, 1.165) is 10.7 Å². The first-order valence-electron chi connectivity index (χ1n) is 8.51. The predicted molar refractivity (Wildman–Crippen MR) is 98.0 cm³/mol. The number of amides is 1. The zero-order chi connectivity index (χ0) is 18.6. The summed E-state index contributed by atoms with van der Waals surface area (Å²) < 4.78 is 10.7. The largest absolute Gasteiger partial charge is 0.497 e. The van der Waals surface area contributed by atoms with Crippen molar-refractivity contribution in [3.05, 3.63) is 60.2 Å². The second kappa shape index (κ2) is 7.58. The second-order valence-electron chi connectivity index (χ2n) is 6.05. The minimum atomic E-state index is -1.52. The predicted octanol–water partition coefficient (Wildman–Crippen LogP) is 2.92. The molecule has 1 atom stereocenters. The van der Waals surface area contributed by atoms with Gasteiger partial charge in [0.2, 0.25) is 0 Å². The molecule has 1 aliphatic rings. The number of nitrogens with zero attached hydrogens (tertiary/aromatic N) is 2. The van der Waals surface area contributed by atoms with E-state index in [1.165, 1.54) is 0 Å². The third kappa shape index (κ3) is 3.55. The molecule has 3 rings (SSSR count). The van der Waals surface area contributed by atoms with E-state index in [-0.39, 0.29) is 13.0 Å². The average molecular weight is 354 g/mol. The van der Waals surface area contributed by atoms with Crippen molar-refractivity contribution >= 4 is 11.6 Å². The van der Waals surface area contributed by atoms with Crippen LogP contribution in [0.15, 0.2) is 59.7 Å². The lowest BCUT2D eigenvalue weighted by molar-refractivity contribution is -0.159. The Hall–Kier alpha value is -2.86. The van der Waals surface area contributed by atoms with Gasteiger partial charge >= 0.3 is 0 Å². The number of benzene rings is 2. The van der Waals surface area contributed by atoms with Gasteiger partial charge in [-0.25, -0.2) is 0 Å². The summed E-state index contributed by atoms with van der Waals surface area (Å²) in [5.41, 5.74) is -0.177. The van der Waals surface area contributed by atoms with Gasteiger partial charge < -0.3 is 14.6 Å². The van der Waals surface area contributed by atoms with Crippen LogP contribution in [0.25, 0.3) is 0 Å². The summed E-state index contributed by atoms with van der Waals surface area (Å²) >= 11 is 0. The van der Waals surface area contributed by atoms with E-state index in [1.807, 2.05) is 25.1 Å². The van der Waals surface area contributed by atoms with Crippen molar-refractivity contribution in [2.45, 2.75) is 25.5 Å². The van der Waals surface area contributed by atoms with Crippen LogP contribution >= 0.6 is 0 Å². The van der Waals surface area contributed by atoms with E-state index in [9.17, 15) is 9.90 Å². The smallest absolute Gasteiger partial charge is 0.283 e. The van der Waals surface area contributed by atoms with Crippen LogP contribution in [-0.2, 0) is 10.5 Å². The van der Waals surface area contributed by atoms with Crippen molar-refractivity contribution in [1.82, 2.24) is 5.01 Å². The van der Waals surface area contributed by atoms with E-state index < -0.39 is 11.6 Å². The van der Waals surface area contributed by atoms with Gasteiger partial charge in [-0.1, -0.05) is 37.3 Å². The average Bonchev–Trinajstić information content (AvgIpc) is 3.05. The molecule has 0 aliphatic carbocycles. The molecule has 1 aliphatic heterocycles. The van der Waals surface area contributed by atoms with Crippen LogP contribution in [0.2, 0.25) is 0 Å². The fourth-order valence-corrected chi connectivity index (χ4v) is 2.88. The van der Waals surface area contributed by atoms with E-state index in [4.69, 9.17) is 9.47 Å². The van der Waals surface area contributed by atoms with Crippen LogP contribution in [0.3, 0.4) is 0 Å². The molecule has 1 N–H and O–H groups in total. The highest BCUT2D eigenvalue weighted by Gasteiger charge is 2.45. The third-order valence-corrected chi connectivity index (χ3v) is 4.34. The van der Waals surface area contributed by atoms with Crippen LogP contribution in [0.4, 0.5) is 0 Å². The van der Waals surface area contributed by atoms with Crippen LogP contribution in [-0.4, -0.2) is 35.5 Å². The minimum Gasteiger partial charge on any atom is -0.497 e. The Morgan fingerprint density at radius 2 is 1.85 bits per heavy atom. The molecule has 136 valence electrons. The Morgan fingerprint density at radius 1 is 1.15 bits per heavy atom. The number of hydrogen-bond acceptors (Lipinski definition) is 5. The molecular formula is C20H22N2O4. The summed E-state index contributed by atoms with van der Waals surface area (Å²) in [4.78, 5) is 12.7. The molecule has 0 fully saturated rings.